The lowest BCUT2D eigenvalue weighted by molar-refractivity contribution is 0.589. The third kappa shape index (κ3) is 3.49. The molecule has 2 nitrogen and oxygen atoms in total. The first-order valence-corrected chi connectivity index (χ1v) is 7.76. The number of hydrogen-bond donors (Lipinski definition) is 1. The van der Waals surface area contributed by atoms with Crippen LogP contribution in [0.2, 0.25) is 0 Å². The molecule has 21 heavy (non-hydrogen) atoms. The highest BCUT2D eigenvalue weighted by atomic mass is 15.0. The van der Waals surface area contributed by atoms with Gasteiger partial charge in [-0.3, -0.25) is 0 Å². The van der Waals surface area contributed by atoms with Gasteiger partial charge in [-0.05, 0) is 44.0 Å². The van der Waals surface area contributed by atoms with E-state index in [4.69, 9.17) is 0 Å². The molecule has 1 heterocycles. The van der Waals surface area contributed by atoms with Gasteiger partial charge in [-0.1, -0.05) is 19.9 Å². The highest BCUT2D eigenvalue weighted by Crippen LogP contribution is 2.26. The molecule has 2 rings (SSSR count). The monoisotopic (exact) mass is 282 g/mol. The van der Waals surface area contributed by atoms with Crippen LogP contribution in [0.3, 0.4) is 0 Å². The predicted molar refractivity (Wildman–Crippen MR) is 91.5 cm³/mol. The van der Waals surface area contributed by atoms with Gasteiger partial charge in [0.2, 0.25) is 0 Å². The van der Waals surface area contributed by atoms with Gasteiger partial charge in [-0.15, -0.1) is 11.8 Å². The Kier molecular flexibility index (Phi) is 5.09. The molecule has 0 aliphatic carbocycles. The van der Waals surface area contributed by atoms with Crippen LogP contribution in [-0.4, -0.2) is 10.6 Å². The molecule has 1 N–H and O–H groups in total. The van der Waals surface area contributed by atoms with Crippen molar-refractivity contribution in [1.82, 2.24) is 9.88 Å². The van der Waals surface area contributed by atoms with Crippen molar-refractivity contribution in [1.29, 1.82) is 0 Å². The number of aromatic nitrogens is 1. The van der Waals surface area contributed by atoms with E-state index in [1.54, 1.807) is 0 Å². The molecule has 0 unspecified atom stereocenters. The van der Waals surface area contributed by atoms with Gasteiger partial charge in [-0.2, -0.15) is 0 Å². The lowest BCUT2D eigenvalue weighted by atomic mass is 10.1. The van der Waals surface area contributed by atoms with Crippen LogP contribution in [-0.2, 0) is 13.1 Å². The lowest BCUT2D eigenvalue weighted by Crippen LogP contribution is -2.21. The largest absolute Gasteiger partial charge is 0.344 e. The molecule has 0 aliphatic rings. The van der Waals surface area contributed by atoms with Gasteiger partial charge < -0.3 is 9.88 Å². The Morgan fingerprint density at radius 2 is 2.00 bits per heavy atom. The number of hydrogen-bond acceptors (Lipinski definition) is 1. The maximum absolute atomic E-state index is 3.48. The Labute approximate surface area is 128 Å². The van der Waals surface area contributed by atoms with Crippen LogP contribution in [0, 0.1) is 25.7 Å². The quantitative estimate of drug-likeness (QED) is 0.814. The van der Waals surface area contributed by atoms with E-state index in [1.807, 2.05) is 6.92 Å². The fraction of sp³-hybridized carbons (Fsp3) is 0.474. The number of rotatable bonds is 5. The molecule has 0 fully saturated rings. The smallest absolute Gasteiger partial charge is 0.0485 e. The number of aryl methyl sites for hydroxylation is 2. The number of fused-ring (bicyclic) bond motifs is 1. The summed E-state index contributed by atoms with van der Waals surface area (Å²) in [6.07, 6.45) is 0.914. The van der Waals surface area contributed by atoms with Gasteiger partial charge in [0, 0.05) is 42.1 Å². The summed E-state index contributed by atoms with van der Waals surface area (Å²) in [7, 11) is 0. The molecule has 0 aliphatic heterocycles. The summed E-state index contributed by atoms with van der Waals surface area (Å²) in [4.78, 5) is 0. The molecule has 0 saturated carbocycles. The average Bonchev–Trinajstić information content (AvgIpc) is 2.70. The summed E-state index contributed by atoms with van der Waals surface area (Å²) < 4.78 is 2.40. The van der Waals surface area contributed by atoms with Crippen molar-refractivity contribution in [2.45, 2.75) is 60.2 Å². The van der Waals surface area contributed by atoms with E-state index in [2.05, 4.69) is 67.6 Å². The topological polar surface area (TPSA) is 17.0 Å². The van der Waals surface area contributed by atoms with Gasteiger partial charge in [0.25, 0.3) is 0 Å². The normalized spacial score (nSPS) is 11.0. The summed E-state index contributed by atoms with van der Waals surface area (Å²) in [5.41, 5.74) is 5.43. The van der Waals surface area contributed by atoms with Crippen LogP contribution in [0.1, 0.15) is 44.0 Å². The van der Waals surface area contributed by atoms with Crippen molar-refractivity contribution < 1.29 is 0 Å². The highest BCUT2D eigenvalue weighted by molar-refractivity contribution is 5.86. The SMILES string of the molecule is CC#CCCn1c(C)c(C)c2cc(CNC(C)C)ccc21. The van der Waals surface area contributed by atoms with Crippen LogP contribution >= 0.6 is 0 Å². The first kappa shape index (κ1) is 15.7. The standard InChI is InChI=1S/C19H26N2/c1-6-7-8-11-21-16(5)15(4)18-12-17(9-10-19(18)21)13-20-14(2)3/h9-10,12,14,20H,8,11,13H2,1-5H3. The lowest BCUT2D eigenvalue weighted by Gasteiger charge is -2.09. The van der Waals surface area contributed by atoms with E-state index >= 15 is 0 Å². The van der Waals surface area contributed by atoms with E-state index in [0.717, 1.165) is 19.5 Å². The van der Waals surface area contributed by atoms with Crippen molar-refractivity contribution in [2.75, 3.05) is 0 Å². The molecule has 0 spiro atoms. The summed E-state index contributed by atoms with van der Waals surface area (Å²) in [5, 5.41) is 4.86. The molecular formula is C19H26N2. The van der Waals surface area contributed by atoms with E-state index in [-0.39, 0.29) is 0 Å². The fourth-order valence-corrected chi connectivity index (χ4v) is 2.71. The Morgan fingerprint density at radius 3 is 2.67 bits per heavy atom. The Morgan fingerprint density at radius 1 is 1.24 bits per heavy atom. The van der Waals surface area contributed by atoms with Crippen molar-refractivity contribution in [2.24, 2.45) is 0 Å². The van der Waals surface area contributed by atoms with Gasteiger partial charge in [-0.25, -0.2) is 0 Å². The molecule has 2 heteroatoms. The Bertz CT molecular complexity index is 681. The second-order valence-corrected chi connectivity index (χ2v) is 5.93. The Hall–Kier alpha value is -1.72. The third-order valence-corrected chi connectivity index (χ3v) is 4.05. The van der Waals surface area contributed by atoms with Gasteiger partial charge in [0.05, 0.1) is 0 Å². The summed E-state index contributed by atoms with van der Waals surface area (Å²) >= 11 is 0. The average molecular weight is 282 g/mol. The molecule has 2 aromatic rings. The number of nitrogens with zero attached hydrogens (tertiary/aromatic N) is 1. The van der Waals surface area contributed by atoms with Gasteiger partial charge in [0.1, 0.15) is 0 Å². The Balaban J connectivity index is 2.34. The first-order valence-electron chi connectivity index (χ1n) is 7.76. The minimum absolute atomic E-state index is 0.515. The summed E-state index contributed by atoms with van der Waals surface area (Å²) in [5.74, 6) is 6.14. The van der Waals surface area contributed by atoms with Crippen LogP contribution < -0.4 is 5.32 Å². The maximum atomic E-state index is 3.48. The molecule has 0 saturated heterocycles. The molecule has 0 atom stereocenters. The van der Waals surface area contributed by atoms with Gasteiger partial charge >= 0.3 is 0 Å². The van der Waals surface area contributed by atoms with Crippen LogP contribution in [0.25, 0.3) is 10.9 Å². The van der Waals surface area contributed by atoms with Crippen LogP contribution in [0.5, 0.6) is 0 Å². The predicted octanol–water partition coefficient (Wildman–Crippen LogP) is 4.17. The highest BCUT2D eigenvalue weighted by Gasteiger charge is 2.11. The molecule has 112 valence electrons. The van der Waals surface area contributed by atoms with E-state index < -0.39 is 0 Å². The summed E-state index contributed by atoms with van der Waals surface area (Å²) in [6, 6.07) is 7.33. The second kappa shape index (κ2) is 6.83. The second-order valence-electron chi connectivity index (χ2n) is 5.93. The molecule has 0 amide bonds. The molecule has 1 aromatic carbocycles. The molecule has 0 radical (unpaired) electrons. The van der Waals surface area contributed by atoms with Gasteiger partial charge in [0.15, 0.2) is 0 Å². The zero-order valence-electron chi connectivity index (χ0n) is 13.9. The zero-order valence-corrected chi connectivity index (χ0v) is 13.9. The van der Waals surface area contributed by atoms with Crippen LogP contribution in [0.15, 0.2) is 18.2 Å². The number of nitrogens with one attached hydrogen (secondary N) is 1. The third-order valence-electron chi connectivity index (χ3n) is 4.05. The minimum Gasteiger partial charge on any atom is -0.344 e. The molecule has 0 bridgehead atoms. The fourth-order valence-electron chi connectivity index (χ4n) is 2.71. The zero-order chi connectivity index (χ0) is 15.4. The van der Waals surface area contributed by atoms with Crippen LogP contribution in [0.4, 0.5) is 0 Å². The molecule has 1 aromatic heterocycles. The summed E-state index contributed by atoms with van der Waals surface area (Å²) in [6.45, 7) is 12.6. The van der Waals surface area contributed by atoms with Crippen molar-refractivity contribution >= 4 is 10.9 Å². The van der Waals surface area contributed by atoms with Crippen molar-refractivity contribution in [3.8, 4) is 11.8 Å². The maximum Gasteiger partial charge on any atom is 0.0485 e. The first-order chi connectivity index (χ1) is 10.0. The number of benzene rings is 1. The van der Waals surface area contributed by atoms with E-state index in [0.29, 0.717) is 6.04 Å². The molecular weight excluding hydrogens is 256 g/mol. The van der Waals surface area contributed by atoms with Crippen molar-refractivity contribution in [3.05, 3.63) is 35.0 Å². The van der Waals surface area contributed by atoms with E-state index in [9.17, 15) is 0 Å². The van der Waals surface area contributed by atoms with Crippen molar-refractivity contribution in [3.63, 3.8) is 0 Å². The van der Waals surface area contributed by atoms with E-state index in [1.165, 1.54) is 27.7 Å². The minimum atomic E-state index is 0.515.